The molecule has 1 atom stereocenters. The minimum absolute atomic E-state index is 0.0713. The van der Waals surface area contributed by atoms with E-state index in [0.29, 0.717) is 24.0 Å². The van der Waals surface area contributed by atoms with E-state index in [1.165, 1.54) is 12.1 Å². The van der Waals surface area contributed by atoms with Crippen molar-refractivity contribution in [3.8, 4) is 0 Å². The van der Waals surface area contributed by atoms with Gasteiger partial charge >= 0.3 is 0 Å². The standard InChI is InChI=1S/C18H22ClN3O/c19-15-6-2-1-5-14(15)13-21-18(23)9-12-22-11-4-8-17(22)16-7-3-10-20-16/h1-3,5-7,10,17,20H,4,8-9,11-13H2,(H,21,23)/t17-/m1/s1. The molecule has 1 aromatic carbocycles. The number of halogens is 1. The maximum absolute atomic E-state index is 12.1. The molecule has 23 heavy (non-hydrogen) atoms. The van der Waals surface area contributed by atoms with Crippen LogP contribution >= 0.6 is 11.6 Å². The first-order valence-electron chi connectivity index (χ1n) is 8.11. The maximum Gasteiger partial charge on any atom is 0.221 e. The lowest BCUT2D eigenvalue weighted by molar-refractivity contribution is -0.121. The van der Waals surface area contributed by atoms with Crippen molar-refractivity contribution in [1.82, 2.24) is 15.2 Å². The highest BCUT2D eigenvalue weighted by molar-refractivity contribution is 6.31. The molecule has 2 N–H and O–H groups in total. The number of hydrogen-bond acceptors (Lipinski definition) is 2. The van der Waals surface area contributed by atoms with Crippen LogP contribution in [0.5, 0.6) is 0 Å². The minimum atomic E-state index is 0.0713. The highest BCUT2D eigenvalue weighted by Crippen LogP contribution is 2.30. The second-order valence-corrected chi connectivity index (χ2v) is 6.34. The molecule has 1 fully saturated rings. The zero-order valence-electron chi connectivity index (χ0n) is 13.1. The van der Waals surface area contributed by atoms with Crippen molar-refractivity contribution in [3.05, 3.63) is 58.9 Å². The lowest BCUT2D eigenvalue weighted by Crippen LogP contribution is -2.30. The van der Waals surface area contributed by atoms with Gasteiger partial charge in [-0.1, -0.05) is 29.8 Å². The Morgan fingerprint density at radius 2 is 2.17 bits per heavy atom. The van der Waals surface area contributed by atoms with Gasteiger partial charge in [0.05, 0.1) is 0 Å². The Kier molecular flexibility index (Phi) is 5.36. The van der Waals surface area contributed by atoms with Crippen molar-refractivity contribution in [1.29, 1.82) is 0 Å². The fourth-order valence-corrected chi connectivity index (χ4v) is 3.37. The van der Waals surface area contributed by atoms with Crippen molar-refractivity contribution in [3.63, 3.8) is 0 Å². The fraction of sp³-hybridized carbons (Fsp3) is 0.389. The molecular formula is C18H22ClN3O. The Labute approximate surface area is 141 Å². The van der Waals surface area contributed by atoms with Gasteiger partial charge in [0.1, 0.15) is 0 Å². The smallest absolute Gasteiger partial charge is 0.221 e. The van der Waals surface area contributed by atoms with E-state index in [2.05, 4.69) is 21.3 Å². The zero-order valence-corrected chi connectivity index (χ0v) is 13.9. The van der Waals surface area contributed by atoms with Crippen LogP contribution in [0.1, 0.15) is 36.6 Å². The molecule has 1 aliphatic rings. The summed E-state index contributed by atoms with van der Waals surface area (Å²) < 4.78 is 0. The van der Waals surface area contributed by atoms with Crippen LogP contribution in [0.15, 0.2) is 42.6 Å². The molecule has 0 bridgehead atoms. The van der Waals surface area contributed by atoms with Crippen molar-refractivity contribution in [2.24, 2.45) is 0 Å². The fourth-order valence-electron chi connectivity index (χ4n) is 3.17. The predicted octanol–water partition coefficient (Wildman–Crippen LogP) is 3.51. The molecule has 0 spiro atoms. The number of aromatic nitrogens is 1. The Balaban J connectivity index is 1.46. The first-order chi connectivity index (χ1) is 11.2. The molecule has 2 aromatic rings. The molecule has 2 heterocycles. The number of nitrogens with one attached hydrogen (secondary N) is 2. The van der Waals surface area contributed by atoms with Crippen LogP contribution in [0.4, 0.5) is 0 Å². The molecule has 0 aliphatic carbocycles. The molecule has 1 saturated heterocycles. The van der Waals surface area contributed by atoms with E-state index >= 15 is 0 Å². The van der Waals surface area contributed by atoms with Gasteiger partial charge in [0.15, 0.2) is 0 Å². The van der Waals surface area contributed by atoms with Gasteiger partial charge in [-0.25, -0.2) is 0 Å². The second-order valence-electron chi connectivity index (χ2n) is 5.94. The Bertz CT molecular complexity index is 641. The Morgan fingerprint density at radius 3 is 2.96 bits per heavy atom. The van der Waals surface area contributed by atoms with Crippen molar-refractivity contribution in [2.75, 3.05) is 13.1 Å². The quantitative estimate of drug-likeness (QED) is 0.851. The van der Waals surface area contributed by atoms with Gasteiger partial charge < -0.3 is 10.3 Å². The third-order valence-electron chi connectivity index (χ3n) is 4.40. The summed E-state index contributed by atoms with van der Waals surface area (Å²) in [4.78, 5) is 17.8. The third kappa shape index (κ3) is 4.15. The predicted molar refractivity (Wildman–Crippen MR) is 92.3 cm³/mol. The van der Waals surface area contributed by atoms with E-state index in [4.69, 9.17) is 11.6 Å². The van der Waals surface area contributed by atoms with Crippen molar-refractivity contribution in [2.45, 2.75) is 31.8 Å². The molecular weight excluding hydrogens is 310 g/mol. The molecule has 4 nitrogen and oxygen atoms in total. The van der Waals surface area contributed by atoms with Crippen LogP contribution in [-0.2, 0) is 11.3 Å². The molecule has 1 aromatic heterocycles. The van der Waals surface area contributed by atoms with Gasteiger partial charge in [-0.05, 0) is 43.1 Å². The van der Waals surface area contributed by atoms with Gasteiger partial charge in [-0.2, -0.15) is 0 Å². The van der Waals surface area contributed by atoms with Crippen LogP contribution in [0.2, 0.25) is 5.02 Å². The average Bonchev–Trinajstić information content (AvgIpc) is 3.22. The summed E-state index contributed by atoms with van der Waals surface area (Å²) in [6.45, 7) is 2.33. The molecule has 1 aliphatic heterocycles. The van der Waals surface area contributed by atoms with Crippen LogP contribution < -0.4 is 5.32 Å². The Morgan fingerprint density at radius 1 is 1.30 bits per heavy atom. The van der Waals surface area contributed by atoms with Gasteiger partial charge in [-0.15, -0.1) is 0 Å². The van der Waals surface area contributed by atoms with Gasteiger partial charge in [-0.3, -0.25) is 9.69 Å². The molecule has 1 amide bonds. The number of H-pyrrole nitrogens is 1. The SMILES string of the molecule is O=C(CCN1CCC[C@@H]1c1ccc[nH]1)NCc1ccccc1Cl. The van der Waals surface area contributed by atoms with Gasteiger partial charge in [0, 0.05) is 42.5 Å². The van der Waals surface area contributed by atoms with E-state index in [0.717, 1.165) is 25.1 Å². The highest BCUT2D eigenvalue weighted by atomic mass is 35.5. The number of aromatic amines is 1. The largest absolute Gasteiger partial charge is 0.364 e. The summed E-state index contributed by atoms with van der Waals surface area (Å²) in [6, 6.07) is 12.2. The number of hydrogen-bond donors (Lipinski definition) is 2. The van der Waals surface area contributed by atoms with E-state index in [1.54, 1.807) is 0 Å². The number of likely N-dealkylation sites (tertiary alicyclic amines) is 1. The number of rotatable bonds is 6. The lowest BCUT2D eigenvalue weighted by Gasteiger charge is -2.23. The molecule has 122 valence electrons. The van der Waals surface area contributed by atoms with Crippen LogP contribution in [0.3, 0.4) is 0 Å². The van der Waals surface area contributed by atoms with Crippen LogP contribution in [0, 0.1) is 0 Å². The molecule has 0 radical (unpaired) electrons. The first kappa shape index (κ1) is 16.1. The monoisotopic (exact) mass is 331 g/mol. The number of carbonyl (C=O) groups excluding carboxylic acids is 1. The minimum Gasteiger partial charge on any atom is -0.364 e. The number of nitrogens with zero attached hydrogens (tertiary/aromatic N) is 1. The molecule has 3 rings (SSSR count). The van der Waals surface area contributed by atoms with Crippen LogP contribution in [0.25, 0.3) is 0 Å². The summed E-state index contributed by atoms with van der Waals surface area (Å²) in [5, 5.41) is 3.65. The molecule has 0 unspecified atom stereocenters. The normalized spacial score (nSPS) is 18.2. The topological polar surface area (TPSA) is 48.1 Å². The molecule has 0 saturated carbocycles. The number of amides is 1. The highest BCUT2D eigenvalue weighted by Gasteiger charge is 2.26. The van der Waals surface area contributed by atoms with Crippen molar-refractivity contribution < 1.29 is 4.79 Å². The Hall–Kier alpha value is -1.78. The van der Waals surface area contributed by atoms with E-state index in [1.807, 2.05) is 36.5 Å². The molecule has 5 heteroatoms. The maximum atomic E-state index is 12.1. The summed E-state index contributed by atoms with van der Waals surface area (Å²) in [5.74, 6) is 0.0713. The van der Waals surface area contributed by atoms with Crippen molar-refractivity contribution >= 4 is 17.5 Å². The van der Waals surface area contributed by atoms with E-state index < -0.39 is 0 Å². The first-order valence-corrected chi connectivity index (χ1v) is 8.49. The second kappa shape index (κ2) is 7.66. The van der Waals surface area contributed by atoms with E-state index in [-0.39, 0.29) is 5.91 Å². The zero-order chi connectivity index (χ0) is 16.1. The summed E-state index contributed by atoms with van der Waals surface area (Å²) in [6.07, 6.45) is 4.82. The van der Waals surface area contributed by atoms with Crippen LogP contribution in [-0.4, -0.2) is 28.9 Å². The van der Waals surface area contributed by atoms with E-state index in [9.17, 15) is 4.79 Å². The van der Waals surface area contributed by atoms with Gasteiger partial charge in [0.25, 0.3) is 0 Å². The number of benzene rings is 1. The average molecular weight is 332 g/mol. The summed E-state index contributed by atoms with van der Waals surface area (Å²) in [5.41, 5.74) is 2.20. The summed E-state index contributed by atoms with van der Waals surface area (Å²) in [7, 11) is 0. The third-order valence-corrected chi connectivity index (χ3v) is 4.77. The number of carbonyl (C=O) groups is 1. The summed E-state index contributed by atoms with van der Waals surface area (Å²) >= 11 is 6.10. The van der Waals surface area contributed by atoms with Gasteiger partial charge in [0.2, 0.25) is 5.91 Å². The lowest BCUT2D eigenvalue weighted by atomic mass is 10.1.